The summed E-state index contributed by atoms with van der Waals surface area (Å²) in [5.41, 5.74) is -3.58. The molecular formula is C14H8ClF3O2. The third kappa shape index (κ3) is 1.50. The molecule has 104 valence electrons. The van der Waals surface area contributed by atoms with Crippen molar-refractivity contribution in [2.24, 2.45) is 0 Å². The van der Waals surface area contributed by atoms with Gasteiger partial charge in [-0.3, -0.25) is 0 Å². The number of alkyl halides is 3. The zero-order chi connectivity index (χ0) is 14.7. The van der Waals surface area contributed by atoms with E-state index in [0.717, 1.165) is 12.1 Å². The Balaban J connectivity index is 2.47. The van der Waals surface area contributed by atoms with Crippen molar-refractivity contribution >= 4 is 11.6 Å². The van der Waals surface area contributed by atoms with E-state index in [0.29, 0.717) is 0 Å². The fourth-order valence-electron chi connectivity index (χ4n) is 2.62. The summed E-state index contributed by atoms with van der Waals surface area (Å²) in [7, 11) is 0. The van der Waals surface area contributed by atoms with Crippen molar-refractivity contribution in [1.29, 1.82) is 0 Å². The summed E-state index contributed by atoms with van der Waals surface area (Å²) in [6, 6.07) is 7.69. The lowest BCUT2D eigenvalue weighted by Crippen LogP contribution is -2.41. The summed E-state index contributed by atoms with van der Waals surface area (Å²) in [5.74, 6) is -0.427. The molecule has 0 aliphatic heterocycles. The van der Waals surface area contributed by atoms with E-state index in [1.165, 1.54) is 18.2 Å². The van der Waals surface area contributed by atoms with E-state index >= 15 is 0 Å². The van der Waals surface area contributed by atoms with Crippen molar-refractivity contribution in [1.82, 2.24) is 0 Å². The van der Waals surface area contributed by atoms with Gasteiger partial charge in [0, 0.05) is 16.7 Å². The van der Waals surface area contributed by atoms with Crippen molar-refractivity contribution < 1.29 is 23.4 Å². The Morgan fingerprint density at radius 2 is 1.70 bits per heavy atom. The highest BCUT2D eigenvalue weighted by atomic mass is 35.5. The first-order valence-corrected chi connectivity index (χ1v) is 6.06. The first-order valence-electron chi connectivity index (χ1n) is 5.69. The highest BCUT2D eigenvalue weighted by Gasteiger charge is 2.61. The molecule has 2 aromatic rings. The normalized spacial score (nSPS) is 20.6. The van der Waals surface area contributed by atoms with Gasteiger partial charge >= 0.3 is 6.18 Å². The van der Waals surface area contributed by atoms with Crippen LogP contribution in [0, 0.1) is 0 Å². The summed E-state index contributed by atoms with van der Waals surface area (Å²) >= 11 is 5.94. The second-order valence-electron chi connectivity index (χ2n) is 4.60. The van der Waals surface area contributed by atoms with Gasteiger partial charge in [-0.05, 0) is 17.7 Å². The molecule has 6 heteroatoms. The molecule has 1 atom stereocenters. The standard InChI is InChI=1S/C14H8ClF3O2/c15-11-6-7(19)5-10-12(11)8-3-1-2-4-9(8)13(10,20)14(16,17)18/h1-6,19-20H. The van der Waals surface area contributed by atoms with Crippen LogP contribution in [0.2, 0.25) is 5.02 Å². The second kappa shape index (κ2) is 3.90. The minimum Gasteiger partial charge on any atom is -0.508 e. The summed E-state index contributed by atoms with van der Waals surface area (Å²) in [4.78, 5) is 0. The molecule has 3 rings (SSSR count). The van der Waals surface area contributed by atoms with Crippen molar-refractivity contribution in [2.75, 3.05) is 0 Å². The zero-order valence-electron chi connectivity index (χ0n) is 9.87. The van der Waals surface area contributed by atoms with Gasteiger partial charge in [0.2, 0.25) is 5.60 Å². The molecule has 0 saturated carbocycles. The summed E-state index contributed by atoms with van der Waals surface area (Å²) in [6.07, 6.45) is -4.93. The fourth-order valence-corrected chi connectivity index (χ4v) is 2.93. The molecule has 0 radical (unpaired) electrons. The predicted molar refractivity (Wildman–Crippen MR) is 67.6 cm³/mol. The Bertz CT molecular complexity index is 712. The average Bonchev–Trinajstić information content (AvgIpc) is 2.61. The van der Waals surface area contributed by atoms with Crippen LogP contribution in [-0.4, -0.2) is 16.4 Å². The van der Waals surface area contributed by atoms with Gasteiger partial charge in [-0.25, -0.2) is 0 Å². The minimum absolute atomic E-state index is 0.0346. The quantitative estimate of drug-likeness (QED) is 0.776. The third-order valence-electron chi connectivity index (χ3n) is 3.46. The SMILES string of the molecule is Oc1cc(Cl)c2c(c1)C(O)(C(F)(F)F)c1ccccc1-2. The smallest absolute Gasteiger partial charge is 0.425 e. The van der Waals surface area contributed by atoms with Crippen LogP contribution >= 0.6 is 11.6 Å². The van der Waals surface area contributed by atoms with Crippen LogP contribution in [0.1, 0.15) is 11.1 Å². The predicted octanol–water partition coefficient (Wildman–Crippen LogP) is 3.82. The van der Waals surface area contributed by atoms with Gasteiger partial charge in [0.1, 0.15) is 5.75 Å². The number of phenolic OH excluding ortho intramolecular Hbond substituents is 1. The maximum Gasteiger partial charge on any atom is 0.425 e. The van der Waals surface area contributed by atoms with E-state index < -0.39 is 23.1 Å². The fraction of sp³-hybridized carbons (Fsp3) is 0.143. The number of benzene rings is 2. The van der Waals surface area contributed by atoms with Crippen LogP contribution in [0.4, 0.5) is 13.2 Å². The van der Waals surface area contributed by atoms with E-state index in [9.17, 15) is 23.4 Å². The second-order valence-corrected chi connectivity index (χ2v) is 5.01. The highest BCUT2D eigenvalue weighted by Crippen LogP contribution is 2.57. The number of halogens is 4. The average molecular weight is 301 g/mol. The van der Waals surface area contributed by atoms with E-state index in [2.05, 4.69) is 0 Å². The molecule has 0 spiro atoms. The van der Waals surface area contributed by atoms with Crippen LogP contribution in [0.25, 0.3) is 11.1 Å². The number of hydrogen-bond acceptors (Lipinski definition) is 2. The van der Waals surface area contributed by atoms with Gasteiger partial charge in [-0.2, -0.15) is 13.2 Å². The van der Waals surface area contributed by atoms with Crippen LogP contribution in [0.3, 0.4) is 0 Å². The first kappa shape index (κ1) is 13.3. The number of rotatable bonds is 0. The molecule has 2 nitrogen and oxygen atoms in total. The molecule has 2 N–H and O–H groups in total. The van der Waals surface area contributed by atoms with Crippen LogP contribution in [-0.2, 0) is 5.60 Å². The van der Waals surface area contributed by atoms with E-state index in [4.69, 9.17) is 11.6 Å². The first-order chi connectivity index (χ1) is 9.26. The summed E-state index contributed by atoms with van der Waals surface area (Å²) in [5, 5.41) is 19.7. The highest BCUT2D eigenvalue weighted by molar-refractivity contribution is 6.34. The molecule has 0 amide bonds. The van der Waals surface area contributed by atoms with Crippen molar-refractivity contribution in [3.05, 3.63) is 52.5 Å². The van der Waals surface area contributed by atoms with Gasteiger partial charge in [0.25, 0.3) is 0 Å². The molecule has 0 fully saturated rings. The molecule has 1 aliphatic rings. The number of phenols is 1. The monoisotopic (exact) mass is 300 g/mol. The number of fused-ring (bicyclic) bond motifs is 3. The lowest BCUT2D eigenvalue weighted by Gasteiger charge is -2.28. The molecule has 0 bridgehead atoms. The molecule has 20 heavy (non-hydrogen) atoms. The lowest BCUT2D eigenvalue weighted by molar-refractivity contribution is -0.246. The van der Waals surface area contributed by atoms with Crippen LogP contribution in [0.5, 0.6) is 5.75 Å². The van der Waals surface area contributed by atoms with Gasteiger partial charge < -0.3 is 10.2 Å². The molecule has 0 heterocycles. The Labute approximate surface area is 117 Å². The number of aliphatic hydroxyl groups is 1. The van der Waals surface area contributed by atoms with Gasteiger partial charge in [0.15, 0.2) is 0 Å². The summed E-state index contributed by atoms with van der Waals surface area (Å²) < 4.78 is 40.2. The van der Waals surface area contributed by atoms with E-state index in [-0.39, 0.29) is 21.7 Å². The van der Waals surface area contributed by atoms with Gasteiger partial charge in [-0.15, -0.1) is 0 Å². The van der Waals surface area contributed by atoms with Crippen molar-refractivity contribution in [3.63, 3.8) is 0 Å². The van der Waals surface area contributed by atoms with Gasteiger partial charge in [-0.1, -0.05) is 35.9 Å². The van der Waals surface area contributed by atoms with Crippen molar-refractivity contribution in [3.8, 4) is 16.9 Å². The molecule has 0 aromatic heterocycles. The minimum atomic E-state index is -4.93. The maximum atomic E-state index is 13.4. The van der Waals surface area contributed by atoms with E-state index in [1.54, 1.807) is 6.07 Å². The van der Waals surface area contributed by atoms with Gasteiger partial charge in [0.05, 0.1) is 5.02 Å². The molecule has 2 aromatic carbocycles. The summed E-state index contributed by atoms with van der Waals surface area (Å²) in [6.45, 7) is 0. The van der Waals surface area contributed by atoms with Crippen LogP contribution < -0.4 is 0 Å². The van der Waals surface area contributed by atoms with Crippen LogP contribution in [0.15, 0.2) is 36.4 Å². The third-order valence-corrected chi connectivity index (χ3v) is 3.76. The Kier molecular flexibility index (Phi) is 2.59. The molecular weight excluding hydrogens is 293 g/mol. The number of aromatic hydroxyl groups is 1. The Morgan fingerprint density at radius 3 is 2.35 bits per heavy atom. The molecule has 1 aliphatic carbocycles. The zero-order valence-corrected chi connectivity index (χ0v) is 10.6. The largest absolute Gasteiger partial charge is 0.508 e. The molecule has 1 unspecified atom stereocenters. The molecule has 0 saturated heterocycles. The Morgan fingerprint density at radius 1 is 1.05 bits per heavy atom. The van der Waals surface area contributed by atoms with Crippen molar-refractivity contribution in [2.45, 2.75) is 11.8 Å². The lowest BCUT2D eigenvalue weighted by atomic mass is 9.91. The Hall–Kier alpha value is -1.72. The topological polar surface area (TPSA) is 40.5 Å². The maximum absolute atomic E-state index is 13.4. The van der Waals surface area contributed by atoms with E-state index in [1.807, 2.05) is 0 Å². The number of hydrogen-bond donors (Lipinski definition) is 2.